The molecule has 1 aromatic rings. The average Bonchev–Trinajstić information content (AvgIpc) is 2.85. The summed E-state index contributed by atoms with van der Waals surface area (Å²) in [6.45, 7) is 0.399. The van der Waals surface area contributed by atoms with Gasteiger partial charge in [0, 0.05) is 18.8 Å². The Labute approximate surface area is 117 Å². The Morgan fingerprint density at radius 2 is 1.76 bits per heavy atom. The van der Waals surface area contributed by atoms with E-state index in [0.717, 1.165) is 0 Å². The Morgan fingerprint density at radius 1 is 1.14 bits per heavy atom. The van der Waals surface area contributed by atoms with Crippen LogP contribution in [0.5, 0.6) is 0 Å². The van der Waals surface area contributed by atoms with Gasteiger partial charge in [0.05, 0.1) is 0 Å². The first kappa shape index (κ1) is 14.7. The van der Waals surface area contributed by atoms with Gasteiger partial charge in [0.2, 0.25) is 11.8 Å². The van der Waals surface area contributed by atoms with Crippen molar-refractivity contribution < 1.29 is 26.5 Å². The van der Waals surface area contributed by atoms with Gasteiger partial charge >= 0.3 is 6.18 Å². The van der Waals surface area contributed by atoms with Crippen molar-refractivity contribution in [2.45, 2.75) is 49.1 Å². The van der Waals surface area contributed by atoms with E-state index in [0.29, 0.717) is 0 Å². The molecule has 0 spiro atoms. The minimum absolute atomic E-state index is 0.113. The van der Waals surface area contributed by atoms with Crippen molar-refractivity contribution in [1.29, 1.82) is 0 Å². The number of piperidine rings is 1. The molecule has 1 saturated heterocycles. The largest absolute Gasteiger partial charge is 0.401 e. The molecule has 1 aliphatic heterocycles. The molecule has 1 aromatic heterocycles. The fourth-order valence-electron chi connectivity index (χ4n) is 2.92. The normalized spacial score (nSPS) is 25.6. The summed E-state index contributed by atoms with van der Waals surface area (Å²) in [5.41, 5.74) is -2.15. The lowest BCUT2D eigenvalue weighted by Gasteiger charge is -2.36. The molecule has 0 amide bonds. The van der Waals surface area contributed by atoms with Gasteiger partial charge in [0.15, 0.2) is 5.82 Å². The van der Waals surface area contributed by atoms with Gasteiger partial charge in [-0.1, -0.05) is 5.16 Å². The fraction of sp³-hybridized carbons (Fsp3) is 0.833. The van der Waals surface area contributed by atoms with Crippen LogP contribution in [-0.4, -0.2) is 35.3 Å². The molecule has 4 nitrogen and oxygen atoms in total. The fourth-order valence-corrected chi connectivity index (χ4v) is 2.92. The van der Waals surface area contributed by atoms with E-state index in [2.05, 4.69) is 15.5 Å². The Morgan fingerprint density at radius 3 is 2.29 bits per heavy atom. The van der Waals surface area contributed by atoms with E-state index in [1.165, 1.54) is 0 Å². The Balaban J connectivity index is 1.86. The highest BCUT2D eigenvalue weighted by molar-refractivity contribution is 5.15. The third kappa shape index (κ3) is 2.41. The van der Waals surface area contributed by atoms with Gasteiger partial charge in [-0.3, -0.25) is 0 Å². The van der Waals surface area contributed by atoms with E-state index in [1.54, 1.807) is 0 Å². The second-order valence-corrected chi connectivity index (χ2v) is 5.75. The zero-order chi connectivity index (χ0) is 15.3. The monoisotopic (exact) mass is 311 g/mol. The summed E-state index contributed by atoms with van der Waals surface area (Å²) in [5.74, 6) is -3.97. The summed E-state index contributed by atoms with van der Waals surface area (Å²) in [6.07, 6.45) is -5.77. The first-order valence-corrected chi connectivity index (χ1v) is 6.73. The van der Waals surface area contributed by atoms with E-state index in [9.17, 15) is 22.0 Å². The van der Waals surface area contributed by atoms with Crippen LogP contribution in [0.25, 0.3) is 0 Å². The van der Waals surface area contributed by atoms with Crippen LogP contribution in [0.3, 0.4) is 0 Å². The molecule has 9 heteroatoms. The topological polar surface area (TPSA) is 51.0 Å². The number of rotatable bonds is 2. The molecule has 21 heavy (non-hydrogen) atoms. The Hall–Kier alpha value is -1.25. The van der Waals surface area contributed by atoms with Crippen molar-refractivity contribution in [3.05, 3.63) is 11.7 Å². The molecule has 1 N–H and O–H groups in total. The van der Waals surface area contributed by atoms with Crippen LogP contribution in [0.4, 0.5) is 22.0 Å². The van der Waals surface area contributed by atoms with Crippen LogP contribution in [0.1, 0.15) is 43.3 Å². The molecule has 1 saturated carbocycles. The van der Waals surface area contributed by atoms with Crippen LogP contribution in [-0.2, 0) is 5.41 Å². The van der Waals surface area contributed by atoms with Crippen molar-refractivity contribution >= 4 is 0 Å². The Kier molecular flexibility index (Phi) is 3.23. The predicted octanol–water partition coefficient (Wildman–Crippen LogP) is 2.77. The number of aromatic nitrogens is 2. The van der Waals surface area contributed by atoms with Crippen LogP contribution in [0.15, 0.2) is 4.52 Å². The number of halogens is 5. The lowest BCUT2D eigenvalue weighted by molar-refractivity contribution is -0.200. The third-order valence-corrected chi connectivity index (χ3v) is 4.31. The van der Waals surface area contributed by atoms with Crippen LogP contribution < -0.4 is 5.32 Å². The number of hydrogen-bond acceptors (Lipinski definition) is 4. The zero-order valence-corrected chi connectivity index (χ0v) is 11.0. The van der Waals surface area contributed by atoms with E-state index in [1.807, 2.05) is 0 Å². The lowest BCUT2D eigenvalue weighted by atomic mass is 9.77. The maximum absolute atomic E-state index is 13.4. The standard InChI is InChI=1S/C12H14F5N3O/c13-11(14)5-7(6-11)8-19-9(20-21-8)10(12(15,16)17)1-3-18-4-2-10/h7,18H,1-6H2. The van der Waals surface area contributed by atoms with Crippen molar-refractivity contribution in [2.24, 2.45) is 0 Å². The molecule has 1 aliphatic carbocycles. The molecule has 0 atom stereocenters. The van der Waals surface area contributed by atoms with Crippen LogP contribution in [0, 0.1) is 0 Å². The zero-order valence-electron chi connectivity index (χ0n) is 11.0. The van der Waals surface area contributed by atoms with Gasteiger partial charge in [0.1, 0.15) is 5.41 Å². The minimum atomic E-state index is -4.50. The number of nitrogens with one attached hydrogen (secondary N) is 1. The average molecular weight is 311 g/mol. The molecular weight excluding hydrogens is 297 g/mol. The molecule has 2 heterocycles. The van der Waals surface area contributed by atoms with E-state index in [-0.39, 0.29) is 31.8 Å². The second kappa shape index (κ2) is 4.62. The Bertz CT molecular complexity index is 513. The van der Waals surface area contributed by atoms with E-state index < -0.39 is 42.1 Å². The highest BCUT2D eigenvalue weighted by Crippen LogP contribution is 2.50. The molecule has 0 radical (unpaired) electrons. The summed E-state index contributed by atoms with van der Waals surface area (Å²) in [7, 11) is 0. The van der Waals surface area contributed by atoms with Crippen LogP contribution >= 0.6 is 0 Å². The molecule has 0 bridgehead atoms. The van der Waals surface area contributed by atoms with E-state index in [4.69, 9.17) is 4.52 Å². The molecule has 118 valence electrons. The molecule has 0 aromatic carbocycles. The van der Waals surface area contributed by atoms with Gasteiger partial charge in [-0.25, -0.2) is 8.78 Å². The molecule has 2 aliphatic rings. The van der Waals surface area contributed by atoms with Gasteiger partial charge in [-0.15, -0.1) is 0 Å². The molecule has 2 fully saturated rings. The van der Waals surface area contributed by atoms with E-state index >= 15 is 0 Å². The first-order chi connectivity index (χ1) is 9.74. The number of nitrogens with zero attached hydrogens (tertiary/aromatic N) is 2. The SMILES string of the molecule is FC1(F)CC(c2nc(C3(C(F)(F)F)CCNCC3)no2)C1. The van der Waals surface area contributed by atoms with Gasteiger partial charge in [-0.05, 0) is 25.9 Å². The van der Waals surface area contributed by atoms with Gasteiger partial charge < -0.3 is 9.84 Å². The highest BCUT2D eigenvalue weighted by Gasteiger charge is 2.59. The first-order valence-electron chi connectivity index (χ1n) is 6.73. The summed E-state index contributed by atoms with van der Waals surface area (Å²) in [4.78, 5) is 3.80. The number of hydrogen-bond donors (Lipinski definition) is 1. The van der Waals surface area contributed by atoms with Crippen molar-refractivity contribution in [2.75, 3.05) is 13.1 Å². The van der Waals surface area contributed by atoms with Crippen LogP contribution in [0.2, 0.25) is 0 Å². The summed E-state index contributed by atoms with van der Waals surface area (Å²) >= 11 is 0. The maximum atomic E-state index is 13.4. The minimum Gasteiger partial charge on any atom is -0.339 e. The van der Waals surface area contributed by atoms with Crippen molar-refractivity contribution in [3.8, 4) is 0 Å². The quantitative estimate of drug-likeness (QED) is 0.853. The van der Waals surface area contributed by atoms with Crippen molar-refractivity contribution in [3.63, 3.8) is 0 Å². The van der Waals surface area contributed by atoms with Gasteiger partial charge in [-0.2, -0.15) is 18.2 Å². The molecular formula is C12H14F5N3O. The number of alkyl halides is 5. The predicted molar refractivity (Wildman–Crippen MR) is 61.1 cm³/mol. The van der Waals surface area contributed by atoms with Gasteiger partial charge in [0.25, 0.3) is 0 Å². The highest BCUT2D eigenvalue weighted by atomic mass is 19.4. The lowest BCUT2D eigenvalue weighted by Crippen LogP contribution is -2.50. The summed E-state index contributed by atoms with van der Waals surface area (Å²) in [6, 6.07) is 0. The summed E-state index contributed by atoms with van der Waals surface area (Å²) < 4.78 is 70.8. The summed E-state index contributed by atoms with van der Waals surface area (Å²) in [5, 5.41) is 6.31. The second-order valence-electron chi connectivity index (χ2n) is 5.75. The maximum Gasteiger partial charge on any atom is 0.401 e. The smallest absolute Gasteiger partial charge is 0.339 e. The molecule has 3 rings (SSSR count). The third-order valence-electron chi connectivity index (χ3n) is 4.31. The van der Waals surface area contributed by atoms with Crippen molar-refractivity contribution in [1.82, 2.24) is 15.5 Å². The molecule has 0 unspecified atom stereocenters.